The molecule has 0 atom stereocenters. The third-order valence-electron chi connectivity index (χ3n) is 2.98. The number of hydrogen-bond acceptors (Lipinski definition) is 5. The Balaban J connectivity index is 2.24. The van der Waals surface area contributed by atoms with E-state index >= 15 is 0 Å². The average molecular weight is 351 g/mol. The lowest BCUT2D eigenvalue weighted by Gasteiger charge is -2.14. The SMILES string of the molecule is CCNc1ncnc(Nc2ccccc2CCOC)c1Br. The van der Waals surface area contributed by atoms with Gasteiger partial charge in [0.25, 0.3) is 0 Å². The number of aromatic nitrogens is 2. The zero-order valence-corrected chi connectivity index (χ0v) is 13.8. The average Bonchev–Trinajstić information content (AvgIpc) is 2.50. The number of nitrogens with zero attached hydrogens (tertiary/aromatic N) is 2. The molecule has 0 aliphatic heterocycles. The highest BCUT2D eigenvalue weighted by atomic mass is 79.9. The van der Waals surface area contributed by atoms with Crippen molar-refractivity contribution in [3.05, 3.63) is 40.6 Å². The van der Waals surface area contributed by atoms with Crippen LogP contribution < -0.4 is 10.6 Å². The molecule has 0 spiro atoms. The summed E-state index contributed by atoms with van der Waals surface area (Å²) in [6, 6.07) is 8.14. The maximum atomic E-state index is 5.15. The molecule has 0 saturated heterocycles. The molecule has 21 heavy (non-hydrogen) atoms. The maximum absolute atomic E-state index is 5.15. The summed E-state index contributed by atoms with van der Waals surface area (Å²) in [5, 5.41) is 6.55. The molecule has 6 heteroatoms. The van der Waals surface area contributed by atoms with Gasteiger partial charge in [-0.05, 0) is 40.9 Å². The second kappa shape index (κ2) is 7.95. The van der Waals surface area contributed by atoms with Crippen LogP contribution in [0.2, 0.25) is 0 Å². The Morgan fingerprint density at radius 2 is 1.95 bits per heavy atom. The van der Waals surface area contributed by atoms with Gasteiger partial charge < -0.3 is 15.4 Å². The summed E-state index contributed by atoms with van der Waals surface area (Å²) >= 11 is 3.54. The molecule has 1 aromatic carbocycles. The van der Waals surface area contributed by atoms with Crippen LogP contribution in [0.5, 0.6) is 0 Å². The summed E-state index contributed by atoms with van der Waals surface area (Å²) in [5.41, 5.74) is 2.21. The first-order valence-electron chi connectivity index (χ1n) is 6.84. The number of nitrogens with one attached hydrogen (secondary N) is 2. The van der Waals surface area contributed by atoms with Crippen LogP contribution in [0.1, 0.15) is 12.5 Å². The van der Waals surface area contributed by atoms with E-state index in [9.17, 15) is 0 Å². The molecule has 2 N–H and O–H groups in total. The number of rotatable bonds is 7. The van der Waals surface area contributed by atoms with Crippen molar-refractivity contribution in [3.8, 4) is 0 Å². The highest BCUT2D eigenvalue weighted by molar-refractivity contribution is 9.10. The minimum absolute atomic E-state index is 0.687. The highest BCUT2D eigenvalue weighted by Gasteiger charge is 2.10. The molecule has 5 nitrogen and oxygen atoms in total. The van der Waals surface area contributed by atoms with Crippen molar-refractivity contribution in [1.29, 1.82) is 0 Å². The first kappa shape index (κ1) is 15.7. The first-order valence-corrected chi connectivity index (χ1v) is 7.63. The van der Waals surface area contributed by atoms with Crippen LogP contribution in [0.15, 0.2) is 35.1 Å². The van der Waals surface area contributed by atoms with E-state index in [-0.39, 0.29) is 0 Å². The fourth-order valence-corrected chi connectivity index (χ4v) is 2.39. The molecule has 1 aromatic heterocycles. The third-order valence-corrected chi connectivity index (χ3v) is 3.73. The number of benzene rings is 1. The van der Waals surface area contributed by atoms with E-state index in [0.29, 0.717) is 6.61 Å². The lowest BCUT2D eigenvalue weighted by molar-refractivity contribution is 0.202. The monoisotopic (exact) mass is 350 g/mol. The zero-order valence-electron chi connectivity index (χ0n) is 12.2. The molecule has 1 heterocycles. The Morgan fingerprint density at radius 1 is 1.19 bits per heavy atom. The van der Waals surface area contributed by atoms with Gasteiger partial charge in [0.1, 0.15) is 22.4 Å². The predicted octanol–water partition coefficient (Wildman–Crippen LogP) is 3.60. The molecular formula is C15H19BrN4O. The fourth-order valence-electron chi connectivity index (χ4n) is 1.95. The van der Waals surface area contributed by atoms with Crippen molar-refractivity contribution in [1.82, 2.24) is 9.97 Å². The summed E-state index contributed by atoms with van der Waals surface area (Å²) in [6.45, 7) is 3.52. The van der Waals surface area contributed by atoms with Gasteiger partial charge in [-0.2, -0.15) is 0 Å². The van der Waals surface area contributed by atoms with Crippen molar-refractivity contribution in [2.24, 2.45) is 0 Å². The number of para-hydroxylation sites is 1. The van der Waals surface area contributed by atoms with Gasteiger partial charge in [-0.1, -0.05) is 18.2 Å². The maximum Gasteiger partial charge on any atom is 0.150 e. The normalized spacial score (nSPS) is 10.4. The van der Waals surface area contributed by atoms with Crippen LogP contribution >= 0.6 is 15.9 Å². The minimum atomic E-state index is 0.687. The number of halogens is 1. The van der Waals surface area contributed by atoms with Crippen molar-refractivity contribution < 1.29 is 4.74 Å². The Bertz CT molecular complexity index is 592. The van der Waals surface area contributed by atoms with Gasteiger partial charge in [0.2, 0.25) is 0 Å². The third kappa shape index (κ3) is 4.15. The van der Waals surface area contributed by atoms with Crippen molar-refractivity contribution in [2.75, 3.05) is 30.9 Å². The van der Waals surface area contributed by atoms with Crippen molar-refractivity contribution >= 4 is 33.3 Å². The summed E-state index contributed by atoms with van der Waals surface area (Å²) in [5.74, 6) is 1.52. The van der Waals surface area contributed by atoms with Crippen LogP contribution in [0.3, 0.4) is 0 Å². The summed E-state index contributed by atoms with van der Waals surface area (Å²) in [6.07, 6.45) is 2.39. The van der Waals surface area contributed by atoms with Crippen molar-refractivity contribution in [2.45, 2.75) is 13.3 Å². The van der Waals surface area contributed by atoms with Crippen LogP contribution in [-0.2, 0) is 11.2 Å². The van der Waals surface area contributed by atoms with Crippen LogP contribution in [0, 0.1) is 0 Å². The molecule has 0 fully saturated rings. The molecule has 0 bridgehead atoms. The van der Waals surface area contributed by atoms with Crippen LogP contribution in [0.4, 0.5) is 17.3 Å². The molecule has 0 radical (unpaired) electrons. The van der Waals surface area contributed by atoms with Gasteiger partial charge in [-0.3, -0.25) is 0 Å². The van der Waals surface area contributed by atoms with Crippen molar-refractivity contribution in [3.63, 3.8) is 0 Å². The number of methoxy groups -OCH3 is 1. The topological polar surface area (TPSA) is 59.1 Å². The van der Waals surface area contributed by atoms with Gasteiger partial charge >= 0.3 is 0 Å². The van der Waals surface area contributed by atoms with E-state index < -0.39 is 0 Å². The highest BCUT2D eigenvalue weighted by Crippen LogP contribution is 2.30. The van der Waals surface area contributed by atoms with Crippen LogP contribution in [-0.4, -0.2) is 30.2 Å². The van der Waals surface area contributed by atoms with E-state index in [1.807, 2.05) is 25.1 Å². The Kier molecular flexibility index (Phi) is 5.95. The number of hydrogen-bond donors (Lipinski definition) is 2. The van der Waals surface area contributed by atoms with Crippen LogP contribution in [0.25, 0.3) is 0 Å². The van der Waals surface area contributed by atoms with Gasteiger partial charge in [-0.15, -0.1) is 0 Å². The Labute approximate surface area is 133 Å². The molecule has 0 amide bonds. The van der Waals surface area contributed by atoms with E-state index in [2.05, 4.69) is 42.6 Å². The quantitative estimate of drug-likeness (QED) is 0.798. The van der Waals surface area contributed by atoms with Gasteiger partial charge in [0, 0.05) is 19.3 Å². The fraction of sp³-hybridized carbons (Fsp3) is 0.333. The molecule has 0 unspecified atom stereocenters. The lowest BCUT2D eigenvalue weighted by Crippen LogP contribution is -2.05. The molecule has 0 aliphatic rings. The van der Waals surface area contributed by atoms with Gasteiger partial charge in [-0.25, -0.2) is 9.97 Å². The van der Waals surface area contributed by atoms with Gasteiger partial charge in [0.05, 0.1) is 6.61 Å². The van der Waals surface area contributed by atoms with E-state index in [0.717, 1.165) is 34.8 Å². The minimum Gasteiger partial charge on any atom is -0.384 e. The molecule has 0 saturated carbocycles. The lowest BCUT2D eigenvalue weighted by atomic mass is 10.1. The standard InChI is InChI=1S/C15H19BrN4O/c1-3-17-14-13(16)15(19-10-18-14)20-12-7-5-4-6-11(12)8-9-21-2/h4-7,10H,3,8-9H2,1-2H3,(H2,17,18,19,20). The smallest absolute Gasteiger partial charge is 0.150 e. The number of ether oxygens (including phenoxy) is 1. The molecular weight excluding hydrogens is 332 g/mol. The Morgan fingerprint density at radius 3 is 2.71 bits per heavy atom. The predicted molar refractivity (Wildman–Crippen MR) is 89.2 cm³/mol. The molecule has 0 aliphatic carbocycles. The summed E-state index contributed by atoms with van der Waals surface area (Å²) in [4.78, 5) is 8.51. The number of anilines is 3. The summed E-state index contributed by atoms with van der Waals surface area (Å²) in [7, 11) is 1.71. The Hall–Kier alpha value is -1.66. The van der Waals surface area contributed by atoms with E-state index in [1.54, 1.807) is 13.4 Å². The molecule has 2 aromatic rings. The largest absolute Gasteiger partial charge is 0.384 e. The first-order chi connectivity index (χ1) is 10.3. The van der Waals surface area contributed by atoms with E-state index in [1.165, 1.54) is 5.56 Å². The van der Waals surface area contributed by atoms with E-state index in [4.69, 9.17) is 4.74 Å². The molecule has 112 valence electrons. The molecule has 2 rings (SSSR count). The summed E-state index contributed by atoms with van der Waals surface area (Å²) < 4.78 is 5.98. The van der Waals surface area contributed by atoms with Gasteiger partial charge in [0.15, 0.2) is 0 Å². The second-order valence-corrected chi connectivity index (χ2v) is 5.23. The zero-order chi connectivity index (χ0) is 15.1. The second-order valence-electron chi connectivity index (χ2n) is 4.44.